The van der Waals surface area contributed by atoms with Crippen molar-refractivity contribution < 1.29 is 18.7 Å². The van der Waals surface area contributed by atoms with E-state index in [0.717, 1.165) is 16.5 Å². The number of hydrogen-bond acceptors (Lipinski definition) is 6. The maximum Gasteiger partial charge on any atom is 0.336 e. The third-order valence-electron chi connectivity index (χ3n) is 3.68. The molecule has 0 bridgehead atoms. The van der Waals surface area contributed by atoms with Crippen molar-refractivity contribution in [2.75, 3.05) is 6.61 Å². The average Bonchev–Trinajstić information content (AvgIpc) is 3.03. The summed E-state index contributed by atoms with van der Waals surface area (Å²) in [5.41, 5.74) is 6.21. The SMILES string of the molecule is Cc1ccsc1C(=O)NNC(=O)COc1ccc2c(C)cc(=O)oc2c1. The number of carbonyl (C=O) groups is 2. The number of benzene rings is 1. The molecule has 0 aliphatic carbocycles. The van der Waals surface area contributed by atoms with Gasteiger partial charge in [0.25, 0.3) is 11.8 Å². The highest BCUT2D eigenvalue weighted by Crippen LogP contribution is 2.22. The smallest absolute Gasteiger partial charge is 0.336 e. The van der Waals surface area contributed by atoms with Crippen molar-refractivity contribution in [3.63, 3.8) is 0 Å². The number of amides is 2. The number of fused-ring (bicyclic) bond motifs is 1. The summed E-state index contributed by atoms with van der Waals surface area (Å²) in [7, 11) is 0. The van der Waals surface area contributed by atoms with Crippen molar-refractivity contribution in [1.29, 1.82) is 0 Å². The summed E-state index contributed by atoms with van der Waals surface area (Å²) in [5.74, 6) is -0.519. The number of thiophene rings is 1. The molecule has 0 aliphatic rings. The van der Waals surface area contributed by atoms with Crippen LogP contribution in [0.1, 0.15) is 20.8 Å². The van der Waals surface area contributed by atoms with Crippen LogP contribution in [0.2, 0.25) is 0 Å². The van der Waals surface area contributed by atoms with Crippen molar-refractivity contribution in [3.8, 4) is 5.75 Å². The average molecular weight is 372 g/mol. The van der Waals surface area contributed by atoms with E-state index < -0.39 is 11.5 Å². The lowest BCUT2D eigenvalue weighted by molar-refractivity contribution is -0.123. The number of ether oxygens (including phenoxy) is 1. The van der Waals surface area contributed by atoms with Gasteiger partial charge >= 0.3 is 5.63 Å². The van der Waals surface area contributed by atoms with Crippen LogP contribution in [0.25, 0.3) is 11.0 Å². The first-order valence-electron chi connectivity index (χ1n) is 7.74. The van der Waals surface area contributed by atoms with Crippen molar-refractivity contribution in [3.05, 3.63) is 62.1 Å². The fraction of sp³-hybridized carbons (Fsp3) is 0.167. The first kappa shape index (κ1) is 17.7. The van der Waals surface area contributed by atoms with E-state index >= 15 is 0 Å². The Morgan fingerprint density at radius 3 is 2.65 bits per heavy atom. The Morgan fingerprint density at radius 2 is 1.92 bits per heavy atom. The zero-order valence-electron chi connectivity index (χ0n) is 14.1. The number of nitrogens with one attached hydrogen (secondary N) is 2. The topological polar surface area (TPSA) is 97.6 Å². The molecule has 0 fully saturated rings. The summed E-state index contributed by atoms with van der Waals surface area (Å²) in [6.45, 7) is 3.33. The summed E-state index contributed by atoms with van der Waals surface area (Å²) in [6.07, 6.45) is 0. The molecule has 0 unspecified atom stereocenters. The van der Waals surface area contributed by atoms with Crippen LogP contribution in [0.4, 0.5) is 0 Å². The van der Waals surface area contributed by atoms with E-state index in [1.165, 1.54) is 17.4 Å². The van der Waals surface area contributed by atoms with E-state index in [-0.39, 0.29) is 12.5 Å². The van der Waals surface area contributed by atoms with Gasteiger partial charge in [0, 0.05) is 17.5 Å². The highest BCUT2D eigenvalue weighted by molar-refractivity contribution is 7.12. The predicted molar refractivity (Wildman–Crippen MR) is 97.4 cm³/mol. The van der Waals surface area contributed by atoms with Gasteiger partial charge in [0.05, 0.1) is 4.88 Å². The van der Waals surface area contributed by atoms with Crippen LogP contribution in [0, 0.1) is 13.8 Å². The predicted octanol–water partition coefficient (Wildman–Crippen LogP) is 2.31. The Kier molecular flexibility index (Phi) is 5.04. The van der Waals surface area contributed by atoms with Crippen LogP contribution < -0.4 is 21.2 Å². The van der Waals surface area contributed by atoms with Crippen LogP contribution in [0.15, 0.2) is 44.9 Å². The number of aryl methyl sites for hydroxylation is 2. The number of carbonyl (C=O) groups excluding carboxylic acids is 2. The van der Waals surface area contributed by atoms with Gasteiger partial charge in [-0.1, -0.05) is 0 Å². The van der Waals surface area contributed by atoms with E-state index in [0.29, 0.717) is 16.2 Å². The highest BCUT2D eigenvalue weighted by atomic mass is 32.1. The molecular weight excluding hydrogens is 356 g/mol. The quantitative estimate of drug-likeness (QED) is 0.541. The number of hydrazine groups is 1. The molecule has 0 saturated carbocycles. The largest absolute Gasteiger partial charge is 0.484 e. The lowest BCUT2D eigenvalue weighted by Gasteiger charge is -2.09. The van der Waals surface area contributed by atoms with E-state index in [2.05, 4.69) is 10.9 Å². The molecule has 0 saturated heterocycles. The van der Waals surface area contributed by atoms with Gasteiger partial charge in [-0.2, -0.15) is 0 Å². The monoisotopic (exact) mass is 372 g/mol. The van der Waals surface area contributed by atoms with Crippen LogP contribution in [-0.2, 0) is 4.79 Å². The molecule has 2 amide bonds. The molecule has 2 N–H and O–H groups in total. The minimum Gasteiger partial charge on any atom is -0.484 e. The van der Waals surface area contributed by atoms with E-state index in [4.69, 9.17) is 9.15 Å². The van der Waals surface area contributed by atoms with Gasteiger partial charge in [-0.3, -0.25) is 20.4 Å². The lowest BCUT2D eigenvalue weighted by atomic mass is 10.1. The molecule has 0 atom stereocenters. The standard InChI is InChI=1S/C18H16N2O5S/c1-10-5-6-26-17(10)18(23)20-19-15(21)9-24-12-3-4-13-11(2)7-16(22)25-14(13)8-12/h3-8H,9H2,1-2H3,(H,19,21)(H,20,23). The fourth-order valence-electron chi connectivity index (χ4n) is 2.37. The first-order valence-corrected chi connectivity index (χ1v) is 8.62. The third kappa shape index (κ3) is 3.92. The zero-order chi connectivity index (χ0) is 18.7. The van der Waals surface area contributed by atoms with E-state index in [1.807, 2.05) is 19.9 Å². The minimum absolute atomic E-state index is 0.300. The number of hydrogen-bond donors (Lipinski definition) is 2. The highest BCUT2D eigenvalue weighted by Gasteiger charge is 2.12. The van der Waals surface area contributed by atoms with Crippen molar-refractivity contribution in [1.82, 2.24) is 10.9 Å². The maximum absolute atomic E-state index is 11.9. The molecular formula is C18H16N2O5S. The molecule has 2 heterocycles. The summed E-state index contributed by atoms with van der Waals surface area (Å²) < 4.78 is 10.5. The third-order valence-corrected chi connectivity index (χ3v) is 4.69. The normalized spacial score (nSPS) is 10.5. The van der Waals surface area contributed by atoms with Crippen molar-refractivity contribution in [2.24, 2.45) is 0 Å². The molecule has 134 valence electrons. The van der Waals surface area contributed by atoms with Crippen LogP contribution in [0.3, 0.4) is 0 Å². The van der Waals surface area contributed by atoms with Gasteiger partial charge in [-0.05, 0) is 48.6 Å². The molecule has 0 spiro atoms. The molecule has 8 heteroatoms. The Labute approximate surface area is 152 Å². The first-order chi connectivity index (χ1) is 12.4. The fourth-order valence-corrected chi connectivity index (χ4v) is 3.19. The molecule has 7 nitrogen and oxygen atoms in total. The Balaban J connectivity index is 1.57. The molecule has 0 radical (unpaired) electrons. The maximum atomic E-state index is 11.9. The van der Waals surface area contributed by atoms with Gasteiger partial charge in [-0.25, -0.2) is 4.79 Å². The van der Waals surface area contributed by atoms with Gasteiger partial charge in [0.2, 0.25) is 0 Å². The van der Waals surface area contributed by atoms with Gasteiger partial charge < -0.3 is 9.15 Å². The van der Waals surface area contributed by atoms with Crippen molar-refractivity contribution >= 4 is 34.1 Å². The molecule has 3 rings (SSSR count). The summed E-state index contributed by atoms with van der Waals surface area (Å²) in [5, 5.41) is 2.59. The molecule has 0 aliphatic heterocycles. The lowest BCUT2D eigenvalue weighted by Crippen LogP contribution is -2.43. The van der Waals surface area contributed by atoms with Gasteiger partial charge in [0.15, 0.2) is 6.61 Å². The Hall–Kier alpha value is -3.13. The summed E-state index contributed by atoms with van der Waals surface area (Å²) >= 11 is 1.29. The summed E-state index contributed by atoms with van der Waals surface area (Å²) in [4.78, 5) is 35.7. The van der Waals surface area contributed by atoms with Gasteiger partial charge in [-0.15, -0.1) is 11.3 Å². The molecule has 3 aromatic rings. The number of rotatable bonds is 4. The minimum atomic E-state index is -0.515. The summed E-state index contributed by atoms with van der Waals surface area (Å²) in [6, 6.07) is 8.21. The van der Waals surface area contributed by atoms with Gasteiger partial charge in [0.1, 0.15) is 11.3 Å². The zero-order valence-corrected chi connectivity index (χ0v) is 14.9. The van der Waals surface area contributed by atoms with Crippen LogP contribution in [0.5, 0.6) is 5.75 Å². The molecule has 1 aromatic carbocycles. The molecule has 26 heavy (non-hydrogen) atoms. The van der Waals surface area contributed by atoms with Crippen molar-refractivity contribution in [2.45, 2.75) is 13.8 Å². The Morgan fingerprint density at radius 1 is 1.12 bits per heavy atom. The van der Waals surface area contributed by atoms with Crippen LogP contribution >= 0.6 is 11.3 Å². The van der Waals surface area contributed by atoms with E-state index in [9.17, 15) is 14.4 Å². The second-order valence-corrected chi connectivity index (χ2v) is 6.55. The van der Waals surface area contributed by atoms with E-state index in [1.54, 1.807) is 23.6 Å². The Bertz CT molecular complexity index is 1040. The van der Waals surface area contributed by atoms with Crippen LogP contribution in [-0.4, -0.2) is 18.4 Å². The second-order valence-electron chi connectivity index (χ2n) is 5.63. The molecule has 2 aromatic heterocycles. The second kappa shape index (κ2) is 7.40.